The number of nitrogens with zero attached hydrogens (tertiary/aromatic N) is 2. The number of para-hydroxylation sites is 2. The molecule has 114 valence electrons. The average molecular weight is 308 g/mol. The minimum atomic E-state index is -0.570. The van der Waals surface area contributed by atoms with Gasteiger partial charge in [-0.05, 0) is 36.4 Å². The highest BCUT2D eigenvalue weighted by molar-refractivity contribution is 5.91. The number of benzene rings is 2. The first kappa shape index (κ1) is 14.5. The molecular formula is C17H12N2O4. The van der Waals surface area contributed by atoms with Gasteiger partial charge in [-0.2, -0.15) is 0 Å². The fourth-order valence-corrected chi connectivity index (χ4v) is 2.13. The van der Waals surface area contributed by atoms with Gasteiger partial charge in [0.2, 0.25) is 0 Å². The van der Waals surface area contributed by atoms with Crippen molar-refractivity contribution in [3.05, 3.63) is 88.7 Å². The third-order valence-corrected chi connectivity index (χ3v) is 3.26. The third kappa shape index (κ3) is 3.11. The number of nitro benzene ring substituents is 1. The van der Waals surface area contributed by atoms with Crippen molar-refractivity contribution in [1.82, 2.24) is 4.57 Å². The van der Waals surface area contributed by atoms with E-state index >= 15 is 0 Å². The van der Waals surface area contributed by atoms with Gasteiger partial charge >= 0.3 is 5.97 Å². The lowest BCUT2D eigenvalue weighted by Crippen LogP contribution is -2.10. The first-order valence-corrected chi connectivity index (χ1v) is 6.84. The molecule has 23 heavy (non-hydrogen) atoms. The molecule has 0 atom stereocenters. The maximum Gasteiger partial charge on any atom is 0.343 e. The minimum Gasteiger partial charge on any atom is -0.421 e. The smallest absolute Gasteiger partial charge is 0.343 e. The van der Waals surface area contributed by atoms with Crippen LogP contribution in [0, 0.1) is 10.1 Å². The summed E-state index contributed by atoms with van der Waals surface area (Å²) in [4.78, 5) is 22.3. The number of hydrogen-bond acceptors (Lipinski definition) is 4. The molecule has 2 aromatic carbocycles. The van der Waals surface area contributed by atoms with Gasteiger partial charge in [0.1, 0.15) is 0 Å². The van der Waals surface area contributed by atoms with E-state index in [0.717, 1.165) is 5.69 Å². The highest BCUT2D eigenvalue weighted by Crippen LogP contribution is 2.24. The Morgan fingerprint density at radius 1 is 0.957 bits per heavy atom. The third-order valence-electron chi connectivity index (χ3n) is 3.26. The average Bonchev–Trinajstić information content (AvgIpc) is 3.09. The van der Waals surface area contributed by atoms with Gasteiger partial charge in [-0.1, -0.05) is 12.1 Å². The topological polar surface area (TPSA) is 74.4 Å². The normalized spacial score (nSPS) is 10.3. The molecular weight excluding hydrogens is 296 g/mol. The van der Waals surface area contributed by atoms with Gasteiger partial charge in [0, 0.05) is 24.5 Å². The number of ether oxygens (including phenoxy) is 1. The molecule has 0 unspecified atom stereocenters. The number of non-ortho nitro benzene ring substituents is 1. The fraction of sp³-hybridized carbons (Fsp3) is 0. The molecule has 6 heteroatoms. The minimum absolute atomic E-state index is 0.0747. The SMILES string of the molecule is O=C(Oc1ccccc1-n1cccc1)c1ccc([N+](=O)[O-])cc1. The standard InChI is InChI=1S/C17H12N2O4/c20-17(13-7-9-14(10-8-13)19(21)22)23-16-6-2-1-5-15(16)18-11-3-4-12-18/h1-12H. The van der Waals surface area contributed by atoms with Crippen LogP contribution in [0.3, 0.4) is 0 Å². The number of nitro groups is 1. The Hall–Kier alpha value is -3.41. The van der Waals surface area contributed by atoms with Crippen LogP contribution in [0.1, 0.15) is 10.4 Å². The zero-order chi connectivity index (χ0) is 16.2. The van der Waals surface area contributed by atoms with Gasteiger partial charge in [0.05, 0.1) is 16.2 Å². The first-order valence-electron chi connectivity index (χ1n) is 6.84. The van der Waals surface area contributed by atoms with Gasteiger partial charge in [-0.3, -0.25) is 10.1 Å². The molecule has 0 N–H and O–H groups in total. The number of carbonyl (C=O) groups excluding carboxylic acids is 1. The monoisotopic (exact) mass is 308 g/mol. The lowest BCUT2D eigenvalue weighted by molar-refractivity contribution is -0.384. The number of aromatic nitrogens is 1. The van der Waals surface area contributed by atoms with E-state index < -0.39 is 10.9 Å². The summed E-state index contributed by atoms with van der Waals surface area (Å²) in [6, 6.07) is 16.2. The van der Waals surface area contributed by atoms with Crippen LogP contribution in [0.15, 0.2) is 73.1 Å². The van der Waals surface area contributed by atoms with E-state index in [0.29, 0.717) is 5.75 Å². The summed E-state index contributed by atoms with van der Waals surface area (Å²) in [6.07, 6.45) is 3.69. The van der Waals surface area contributed by atoms with Gasteiger partial charge in [-0.15, -0.1) is 0 Å². The molecule has 0 aliphatic rings. The molecule has 0 fully saturated rings. The van der Waals surface area contributed by atoms with Gasteiger partial charge in [0.25, 0.3) is 5.69 Å². The van der Waals surface area contributed by atoms with Crippen LogP contribution >= 0.6 is 0 Å². The van der Waals surface area contributed by atoms with Gasteiger partial charge < -0.3 is 9.30 Å². The van der Waals surface area contributed by atoms with Crippen molar-refractivity contribution in [3.63, 3.8) is 0 Å². The van der Waals surface area contributed by atoms with E-state index in [9.17, 15) is 14.9 Å². The molecule has 0 amide bonds. The number of esters is 1. The maximum absolute atomic E-state index is 12.2. The highest BCUT2D eigenvalue weighted by atomic mass is 16.6. The second-order valence-corrected chi connectivity index (χ2v) is 4.75. The van der Waals surface area contributed by atoms with E-state index in [1.165, 1.54) is 24.3 Å². The number of hydrogen-bond donors (Lipinski definition) is 0. The summed E-state index contributed by atoms with van der Waals surface area (Å²) in [7, 11) is 0. The summed E-state index contributed by atoms with van der Waals surface area (Å²) < 4.78 is 7.26. The van der Waals surface area contributed by atoms with Crippen molar-refractivity contribution < 1.29 is 14.5 Å². The molecule has 0 spiro atoms. The van der Waals surface area contributed by atoms with E-state index in [4.69, 9.17) is 4.74 Å². The van der Waals surface area contributed by atoms with E-state index in [-0.39, 0.29) is 11.3 Å². The molecule has 3 aromatic rings. The summed E-state index contributed by atoms with van der Waals surface area (Å²) in [6.45, 7) is 0. The Morgan fingerprint density at radius 2 is 1.61 bits per heavy atom. The van der Waals surface area contributed by atoms with E-state index in [2.05, 4.69) is 0 Å². The molecule has 0 radical (unpaired) electrons. The zero-order valence-corrected chi connectivity index (χ0v) is 12.0. The Balaban J connectivity index is 1.85. The Morgan fingerprint density at radius 3 is 2.26 bits per heavy atom. The first-order chi connectivity index (χ1) is 11.1. The molecule has 1 aromatic heterocycles. The molecule has 0 bridgehead atoms. The van der Waals surface area contributed by atoms with Crippen molar-refractivity contribution in [3.8, 4) is 11.4 Å². The van der Waals surface area contributed by atoms with Crippen LogP contribution < -0.4 is 4.74 Å². The Labute approximate surface area is 131 Å². The Kier molecular flexibility index (Phi) is 3.88. The predicted octanol–water partition coefficient (Wildman–Crippen LogP) is 3.60. The predicted molar refractivity (Wildman–Crippen MR) is 83.8 cm³/mol. The van der Waals surface area contributed by atoms with Gasteiger partial charge in [0.15, 0.2) is 5.75 Å². The molecule has 0 aliphatic carbocycles. The second kappa shape index (κ2) is 6.15. The summed E-state index contributed by atoms with van der Waals surface area (Å²) in [5.41, 5.74) is 0.903. The largest absolute Gasteiger partial charge is 0.421 e. The van der Waals surface area contributed by atoms with Crippen molar-refractivity contribution in [2.45, 2.75) is 0 Å². The van der Waals surface area contributed by atoms with Crippen LogP contribution in [-0.4, -0.2) is 15.5 Å². The highest BCUT2D eigenvalue weighted by Gasteiger charge is 2.14. The van der Waals surface area contributed by atoms with Crippen LogP contribution in [0.4, 0.5) is 5.69 Å². The van der Waals surface area contributed by atoms with E-state index in [1.54, 1.807) is 12.1 Å². The summed E-state index contributed by atoms with van der Waals surface area (Å²) in [5.74, 6) is -0.161. The van der Waals surface area contributed by atoms with Crippen molar-refractivity contribution in [2.24, 2.45) is 0 Å². The quantitative estimate of drug-likeness (QED) is 0.319. The van der Waals surface area contributed by atoms with E-state index in [1.807, 2.05) is 41.2 Å². The molecule has 0 saturated heterocycles. The van der Waals surface area contributed by atoms with Crippen LogP contribution in [0.5, 0.6) is 5.75 Å². The Bertz CT molecular complexity index is 839. The number of carbonyl (C=O) groups is 1. The summed E-state index contributed by atoms with van der Waals surface area (Å²) >= 11 is 0. The molecule has 6 nitrogen and oxygen atoms in total. The number of rotatable bonds is 4. The molecule has 1 heterocycles. The van der Waals surface area contributed by atoms with Crippen LogP contribution in [-0.2, 0) is 0 Å². The molecule has 0 saturated carbocycles. The molecule has 0 aliphatic heterocycles. The zero-order valence-electron chi connectivity index (χ0n) is 12.0. The van der Waals surface area contributed by atoms with Crippen molar-refractivity contribution in [2.75, 3.05) is 0 Å². The van der Waals surface area contributed by atoms with Crippen LogP contribution in [0.2, 0.25) is 0 Å². The van der Waals surface area contributed by atoms with Crippen molar-refractivity contribution >= 4 is 11.7 Å². The summed E-state index contributed by atoms with van der Waals surface area (Å²) in [5, 5.41) is 10.6. The lowest BCUT2D eigenvalue weighted by atomic mass is 10.2. The lowest BCUT2D eigenvalue weighted by Gasteiger charge is -2.10. The van der Waals surface area contributed by atoms with Crippen molar-refractivity contribution in [1.29, 1.82) is 0 Å². The fourth-order valence-electron chi connectivity index (χ4n) is 2.13. The second-order valence-electron chi connectivity index (χ2n) is 4.75. The molecule has 3 rings (SSSR count). The van der Waals surface area contributed by atoms with Crippen LogP contribution in [0.25, 0.3) is 5.69 Å². The van der Waals surface area contributed by atoms with Gasteiger partial charge in [-0.25, -0.2) is 4.79 Å². The maximum atomic E-state index is 12.2.